The lowest BCUT2D eigenvalue weighted by molar-refractivity contribution is -0.143. The Bertz CT molecular complexity index is 1140. The molecule has 0 spiro atoms. The molecule has 30 heavy (non-hydrogen) atoms. The first kappa shape index (κ1) is 22.3. The second-order valence-corrected chi connectivity index (χ2v) is 9.94. The van der Waals surface area contributed by atoms with Crippen molar-refractivity contribution in [1.82, 2.24) is 4.57 Å². The van der Waals surface area contributed by atoms with Crippen LogP contribution in [-0.2, 0) is 16.1 Å². The van der Waals surface area contributed by atoms with Crippen molar-refractivity contribution in [3.63, 3.8) is 0 Å². The maximum Gasteiger partial charge on any atom is 0.326 e. The van der Waals surface area contributed by atoms with Gasteiger partial charge in [0.1, 0.15) is 6.54 Å². The van der Waals surface area contributed by atoms with Crippen molar-refractivity contribution >= 4 is 45.2 Å². The van der Waals surface area contributed by atoms with Crippen LogP contribution in [0.4, 0.5) is 0 Å². The molecule has 0 N–H and O–H groups in total. The third kappa shape index (κ3) is 5.21. The summed E-state index contributed by atoms with van der Waals surface area (Å²) in [4.78, 5) is 31.0. The summed E-state index contributed by atoms with van der Waals surface area (Å²) < 4.78 is 7.92. The molecule has 0 saturated heterocycles. The molecular weight excluding hydrogens is 416 g/mol. The van der Waals surface area contributed by atoms with Crippen molar-refractivity contribution in [1.29, 1.82) is 0 Å². The minimum atomic E-state index is -0.347. The van der Waals surface area contributed by atoms with E-state index in [0.29, 0.717) is 22.2 Å². The molecule has 1 aromatic heterocycles. The van der Waals surface area contributed by atoms with Gasteiger partial charge in [0.05, 0.1) is 16.8 Å². The van der Waals surface area contributed by atoms with Crippen LogP contribution in [0, 0.1) is 13.8 Å². The number of benzene rings is 2. The number of amides is 1. The number of carbonyl (C=O) groups excluding carboxylic acids is 2. The Hall–Kier alpha value is -2.38. The second kappa shape index (κ2) is 9.62. The van der Waals surface area contributed by atoms with Gasteiger partial charge in [-0.3, -0.25) is 9.59 Å². The third-order valence-corrected chi connectivity index (χ3v) is 6.62. The number of aryl methyl sites for hydroxylation is 2. The number of nitrogens with zero attached hydrogens (tertiary/aromatic N) is 2. The van der Waals surface area contributed by atoms with E-state index >= 15 is 0 Å². The molecule has 1 amide bonds. The predicted molar refractivity (Wildman–Crippen MR) is 123 cm³/mol. The highest BCUT2D eigenvalue weighted by Gasteiger charge is 2.15. The summed E-state index contributed by atoms with van der Waals surface area (Å²) in [5, 5.41) is 0.475. The van der Waals surface area contributed by atoms with Crippen molar-refractivity contribution in [2.75, 3.05) is 6.61 Å². The molecule has 0 aliphatic heterocycles. The first-order valence-electron chi connectivity index (χ1n) is 9.90. The molecular formula is C23H26N2O3S2. The zero-order valence-electron chi connectivity index (χ0n) is 17.9. The van der Waals surface area contributed by atoms with Crippen LogP contribution in [0.3, 0.4) is 0 Å². The average molecular weight is 443 g/mol. The van der Waals surface area contributed by atoms with E-state index in [-0.39, 0.29) is 18.4 Å². The quantitative estimate of drug-likeness (QED) is 0.392. The van der Waals surface area contributed by atoms with Crippen LogP contribution in [0.5, 0.6) is 0 Å². The monoisotopic (exact) mass is 442 g/mol. The first-order chi connectivity index (χ1) is 14.3. The van der Waals surface area contributed by atoms with Gasteiger partial charge in [-0.15, -0.1) is 11.8 Å². The summed E-state index contributed by atoms with van der Waals surface area (Å²) in [6.45, 7) is 10.4. The van der Waals surface area contributed by atoms with E-state index in [9.17, 15) is 9.59 Å². The lowest BCUT2D eigenvalue weighted by Crippen LogP contribution is -2.23. The summed E-state index contributed by atoms with van der Waals surface area (Å²) >= 11 is 3.16. The van der Waals surface area contributed by atoms with E-state index in [0.717, 1.165) is 26.2 Å². The standard InChI is InChI=1S/C23H26N2O3S2/c1-6-28-20(26)13-25-19-12-15(4)11-16(5)21(19)30-23(25)24-22(27)17-7-9-18(10-8-17)29-14(2)3/h7-12,14H,6,13H2,1-5H3. The number of thiazole rings is 1. The van der Waals surface area contributed by atoms with Gasteiger partial charge in [0, 0.05) is 15.7 Å². The van der Waals surface area contributed by atoms with Crippen LogP contribution in [-0.4, -0.2) is 28.3 Å². The zero-order chi connectivity index (χ0) is 21.8. The Morgan fingerprint density at radius 3 is 2.50 bits per heavy atom. The van der Waals surface area contributed by atoms with Crippen molar-refractivity contribution in [2.24, 2.45) is 4.99 Å². The van der Waals surface area contributed by atoms with Crippen molar-refractivity contribution in [3.8, 4) is 0 Å². The average Bonchev–Trinajstić information content (AvgIpc) is 2.99. The number of hydrogen-bond acceptors (Lipinski definition) is 5. The van der Waals surface area contributed by atoms with Crippen LogP contribution in [0.15, 0.2) is 46.3 Å². The summed E-state index contributed by atoms with van der Waals surface area (Å²) in [5.41, 5.74) is 3.60. The smallest absolute Gasteiger partial charge is 0.326 e. The minimum Gasteiger partial charge on any atom is -0.465 e. The fraction of sp³-hybridized carbons (Fsp3) is 0.348. The molecule has 3 rings (SSSR count). The lowest BCUT2D eigenvalue weighted by atomic mass is 10.1. The van der Waals surface area contributed by atoms with E-state index in [1.54, 1.807) is 35.4 Å². The van der Waals surface area contributed by atoms with Gasteiger partial charge in [-0.25, -0.2) is 0 Å². The molecule has 0 saturated carbocycles. The largest absolute Gasteiger partial charge is 0.465 e. The maximum atomic E-state index is 12.8. The molecule has 0 unspecified atom stereocenters. The third-order valence-electron chi connectivity index (χ3n) is 4.38. The maximum absolute atomic E-state index is 12.8. The fourth-order valence-electron chi connectivity index (χ4n) is 3.19. The molecule has 0 radical (unpaired) electrons. The Kier molecular flexibility index (Phi) is 7.15. The van der Waals surface area contributed by atoms with E-state index in [2.05, 4.69) is 24.9 Å². The molecule has 158 valence electrons. The van der Waals surface area contributed by atoms with E-state index < -0.39 is 0 Å². The van der Waals surface area contributed by atoms with E-state index in [1.165, 1.54) is 11.3 Å². The van der Waals surface area contributed by atoms with Crippen LogP contribution in [0.1, 0.15) is 42.3 Å². The van der Waals surface area contributed by atoms with Crippen molar-refractivity contribution < 1.29 is 14.3 Å². The number of ether oxygens (including phenoxy) is 1. The number of esters is 1. The molecule has 5 nitrogen and oxygen atoms in total. The molecule has 0 fully saturated rings. The van der Waals surface area contributed by atoms with Gasteiger partial charge in [-0.1, -0.05) is 31.3 Å². The number of hydrogen-bond donors (Lipinski definition) is 0. The highest BCUT2D eigenvalue weighted by Crippen LogP contribution is 2.25. The normalized spacial score (nSPS) is 12.0. The van der Waals surface area contributed by atoms with Gasteiger partial charge in [0.15, 0.2) is 4.80 Å². The highest BCUT2D eigenvalue weighted by atomic mass is 32.2. The molecule has 0 bridgehead atoms. The number of aromatic nitrogens is 1. The predicted octanol–water partition coefficient (Wildman–Crippen LogP) is 5.12. The molecule has 2 aromatic carbocycles. The number of rotatable bonds is 6. The van der Waals surface area contributed by atoms with Crippen LogP contribution < -0.4 is 4.80 Å². The van der Waals surface area contributed by atoms with Gasteiger partial charge in [0.2, 0.25) is 0 Å². The SMILES string of the molecule is CCOC(=O)Cn1c(=NC(=O)c2ccc(SC(C)C)cc2)sc2c(C)cc(C)cc21. The van der Waals surface area contributed by atoms with Gasteiger partial charge < -0.3 is 9.30 Å². The topological polar surface area (TPSA) is 60.7 Å². The minimum absolute atomic E-state index is 0.0206. The first-order valence-corrected chi connectivity index (χ1v) is 11.6. The van der Waals surface area contributed by atoms with Crippen LogP contribution in [0.25, 0.3) is 10.2 Å². The zero-order valence-corrected chi connectivity index (χ0v) is 19.5. The Morgan fingerprint density at radius 1 is 1.17 bits per heavy atom. The number of carbonyl (C=O) groups is 2. The Labute approximate surface area is 184 Å². The molecule has 3 aromatic rings. The lowest BCUT2D eigenvalue weighted by Gasteiger charge is -2.07. The summed E-state index contributed by atoms with van der Waals surface area (Å²) in [6, 6.07) is 11.6. The second-order valence-electron chi connectivity index (χ2n) is 7.31. The fourth-order valence-corrected chi connectivity index (χ4v) is 5.10. The van der Waals surface area contributed by atoms with Crippen LogP contribution in [0.2, 0.25) is 0 Å². The van der Waals surface area contributed by atoms with Gasteiger partial charge >= 0.3 is 5.97 Å². The van der Waals surface area contributed by atoms with Crippen LogP contribution >= 0.6 is 23.1 Å². The molecule has 1 heterocycles. The summed E-state index contributed by atoms with van der Waals surface area (Å²) in [7, 11) is 0. The van der Waals surface area contributed by atoms with E-state index in [1.807, 2.05) is 32.0 Å². The Balaban J connectivity index is 2.04. The molecule has 0 aliphatic rings. The molecule has 0 atom stereocenters. The number of fused-ring (bicyclic) bond motifs is 1. The Morgan fingerprint density at radius 2 is 1.87 bits per heavy atom. The molecule has 0 aliphatic carbocycles. The summed E-state index contributed by atoms with van der Waals surface area (Å²) in [6.07, 6.45) is 0. The van der Waals surface area contributed by atoms with E-state index in [4.69, 9.17) is 4.74 Å². The van der Waals surface area contributed by atoms with Gasteiger partial charge in [-0.2, -0.15) is 4.99 Å². The van der Waals surface area contributed by atoms with Crippen molar-refractivity contribution in [2.45, 2.75) is 51.3 Å². The summed E-state index contributed by atoms with van der Waals surface area (Å²) in [5.74, 6) is -0.671. The van der Waals surface area contributed by atoms with Gasteiger partial charge in [0.25, 0.3) is 5.91 Å². The highest BCUT2D eigenvalue weighted by molar-refractivity contribution is 7.99. The molecule has 7 heteroatoms. The van der Waals surface area contributed by atoms with Gasteiger partial charge in [-0.05, 0) is 62.2 Å². The van der Waals surface area contributed by atoms with Crippen molar-refractivity contribution in [3.05, 3.63) is 57.9 Å². The number of thioether (sulfide) groups is 1.